The van der Waals surface area contributed by atoms with Gasteiger partial charge in [-0.1, -0.05) is 30.3 Å². The maximum Gasteiger partial charge on any atom is 0.293 e. The number of nitro benzene ring substituents is 1. The predicted molar refractivity (Wildman–Crippen MR) is 127 cm³/mol. The highest BCUT2D eigenvalue weighted by molar-refractivity contribution is 6.09. The fraction of sp³-hybridized carbons (Fsp3) is 0.440. The first-order chi connectivity index (χ1) is 15.9. The number of piperazine rings is 1. The van der Waals surface area contributed by atoms with Crippen molar-refractivity contribution in [3.05, 3.63) is 69.8 Å². The second kappa shape index (κ2) is 10.1. The lowest BCUT2D eigenvalue weighted by Gasteiger charge is -2.38. The molecule has 0 bridgehead atoms. The third kappa shape index (κ3) is 5.22. The van der Waals surface area contributed by atoms with Gasteiger partial charge in [0.25, 0.3) is 5.69 Å². The van der Waals surface area contributed by atoms with Gasteiger partial charge in [0.15, 0.2) is 5.78 Å². The van der Waals surface area contributed by atoms with Crippen molar-refractivity contribution in [3.63, 3.8) is 0 Å². The Morgan fingerprint density at radius 1 is 0.970 bits per heavy atom. The van der Waals surface area contributed by atoms with Crippen molar-refractivity contribution < 1.29 is 14.5 Å². The van der Waals surface area contributed by atoms with Gasteiger partial charge in [0.1, 0.15) is 5.69 Å². The summed E-state index contributed by atoms with van der Waals surface area (Å²) in [4.78, 5) is 42.9. The highest BCUT2D eigenvalue weighted by atomic mass is 16.6. The van der Waals surface area contributed by atoms with E-state index in [1.165, 1.54) is 12.5 Å². The molecule has 0 aromatic heterocycles. The van der Waals surface area contributed by atoms with Crippen molar-refractivity contribution in [1.82, 2.24) is 9.80 Å². The molecular weight excluding hydrogens is 420 g/mol. The second-order valence-electron chi connectivity index (χ2n) is 8.85. The number of carbonyl (C=O) groups is 2. The first-order valence-corrected chi connectivity index (χ1v) is 11.6. The molecule has 2 aliphatic rings. The van der Waals surface area contributed by atoms with Crippen molar-refractivity contribution in [2.45, 2.75) is 32.2 Å². The molecule has 1 atom stereocenters. The Morgan fingerprint density at radius 3 is 2.36 bits per heavy atom. The Kier molecular flexibility index (Phi) is 7.03. The summed E-state index contributed by atoms with van der Waals surface area (Å²) in [6.07, 6.45) is 3.31. The Bertz CT molecular complexity index is 1020. The number of likely N-dealkylation sites (tertiary alicyclic amines) is 1. The summed E-state index contributed by atoms with van der Waals surface area (Å²) in [5.74, 6) is -0.0640. The minimum atomic E-state index is -0.426. The Hall–Kier alpha value is -3.26. The lowest BCUT2D eigenvalue weighted by molar-refractivity contribution is -0.384. The van der Waals surface area contributed by atoms with Crippen LogP contribution < -0.4 is 4.90 Å². The molecule has 2 heterocycles. The molecule has 33 heavy (non-hydrogen) atoms. The zero-order valence-electron chi connectivity index (χ0n) is 19.0. The van der Waals surface area contributed by atoms with Gasteiger partial charge in [0.05, 0.1) is 11.5 Å². The minimum Gasteiger partial charge on any atom is -0.363 e. The topological polar surface area (TPSA) is 87.0 Å². The van der Waals surface area contributed by atoms with Crippen LogP contribution in [-0.2, 0) is 4.79 Å². The van der Waals surface area contributed by atoms with E-state index < -0.39 is 4.92 Å². The van der Waals surface area contributed by atoms with Crippen LogP contribution in [-0.4, -0.2) is 71.7 Å². The SMILES string of the molecule is CC1CCCCN1C(=O)CN1CCN(c2ccc(C(=O)c3ccccc3)cc2[N+](=O)[O-])CC1. The lowest BCUT2D eigenvalue weighted by Crippen LogP contribution is -2.52. The molecule has 0 N–H and O–H groups in total. The fourth-order valence-electron chi connectivity index (χ4n) is 4.73. The van der Waals surface area contributed by atoms with Gasteiger partial charge in [-0.2, -0.15) is 0 Å². The van der Waals surface area contributed by atoms with Crippen LogP contribution in [0.1, 0.15) is 42.1 Å². The van der Waals surface area contributed by atoms with Crippen LogP contribution in [0.4, 0.5) is 11.4 Å². The highest BCUT2D eigenvalue weighted by Crippen LogP contribution is 2.31. The predicted octanol–water partition coefficient (Wildman–Crippen LogP) is 3.35. The zero-order valence-corrected chi connectivity index (χ0v) is 19.0. The molecule has 2 aliphatic heterocycles. The van der Waals surface area contributed by atoms with Crippen LogP contribution >= 0.6 is 0 Å². The molecule has 174 valence electrons. The number of anilines is 1. The summed E-state index contributed by atoms with van der Waals surface area (Å²) >= 11 is 0. The van der Waals surface area contributed by atoms with Crippen LogP contribution in [0.15, 0.2) is 48.5 Å². The van der Waals surface area contributed by atoms with E-state index in [1.54, 1.807) is 36.4 Å². The number of benzene rings is 2. The van der Waals surface area contributed by atoms with Gasteiger partial charge in [-0.25, -0.2) is 0 Å². The molecule has 2 aromatic rings. The van der Waals surface area contributed by atoms with Gasteiger partial charge >= 0.3 is 0 Å². The zero-order chi connectivity index (χ0) is 23.4. The van der Waals surface area contributed by atoms with Gasteiger partial charge in [-0.15, -0.1) is 0 Å². The smallest absolute Gasteiger partial charge is 0.293 e. The summed E-state index contributed by atoms with van der Waals surface area (Å²) in [5, 5.41) is 11.8. The second-order valence-corrected chi connectivity index (χ2v) is 8.85. The molecule has 4 rings (SSSR count). The van der Waals surface area contributed by atoms with Crippen LogP contribution in [0, 0.1) is 10.1 Å². The van der Waals surface area contributed by atoms with Crippen molar-refractivity contribution in [1.29, 1.82) is 0 Å². The largest absolute Gasteiger partial charge is 0.363 e. The summed E-state index contributed by atoms with van der Waals surface area (Å²) in [7, 11) is 0. The van der Waals surface area contributed by atoms with Gasteiger partial charge < -0.3 is 9.80 Å². The monoisotopic (exact) mass is 450 g/mol. The number of ketones is 1. The van der Waals surface area contributed by atoms with Crippen molar-refractivity contribution in [2.75, 3.05) is 44.2 Å². The van der Waals surface area contributed by atoms with E-state index in [9.17, 15) is 19.7 Å². The molecule has 2 fully saturated rings. The van der Waals surface area contributed by atoms with Gasteiger partial charge in [0.2, 0.25) is 5.91 Å². The average molecular weight is 451 g/mol. The molecule has 2 aromatic carbocycles. The first-order valence-electron chi connectivity index (χ1n) is 11.6. The molecule has 0 aliphatic carbocycles. The fourth-order valence-corrected chi connectivity index (χ4v) is 4.73. The normalized spacial score (nSPS) is 19.4. The Morgan fingerprint density at radius 2 is 1.70 bits per heavy atom. The van der Waals surface area contributed by atoms with Crippen molar-refractivity contribution in [2.24, 2.45) is 0 Å². The number of amides is 1. The highest BCUT2D eigenvalue weighted by Gasteiger charge is 2.28. The molecule has 1 unspecified atom stereocenters. The number of rotatable bonds is 6. The average Bonchev–Trinajstić information content (AvgIpc) is 2.84. The number of nitrogens with zero attached hydrogens (tertiary/aromatic N) is 4. The quantitative estimate of drug-likeness (QED) is 0.381. The van der Waals surface area contributed by atoms with Crippen LogP contribution in [0.3, 0.4) is 0 Å². The molecule has 0 radical (unpaired) electrons. The van der Waals surface area contributed by atoms with Crippen LogP contribution in [0.5, 0.6) is 0 Å². The molecule has 2 saturated heterocycles. The van der Waals surface area contributed by atoms with Gasteiger partial charge in [0, 0.05) is 56.0 Å². The number of piperidine rings is 1. The number of hydrogen-bond acceptors (Lipinski definition) is 6. The maximum atomic E-state index is 12.7. The van der Waals surface area contributed by atoms with Crippen LogP contribution in [0.25, 0.3) is 0 Å². The van der Waals surface area contributed by atoms with E-state index in [-0.39, 0.29) is 17.4 Å². The summed E-state index contributed by atoms with van der Waals surface area (Å²) in [6.45, 7) is 5.85. The van der Waals surface area contributed by atoms with Crippen LogP contribution in [0.2, 0.25) is 0 Å². The maximum absolute atomic E-state index is 12.7. The number of carbonyl (C=O) groups excluding carboxylic acids is 2. The molecule has 8 heteroatoms. The van der Waals surface area contributed by atoms with E-state index >= 15 is 0 Å². The lowest BCUT2D eigenvalue weighted by atomic mass is 10.0. The summed E-state index contributed by atoms with van der Waals surface area (Å²) in [6, 6.07) is 13.8. The standard InChI is InChI=1S/C25H30N4O4/c1-19-7-5-6-12-28(19)24(30)18-26-13-15-27(16-14-26)22-11-10-21(17-23(22)29(32)33)25(31)20-8-3-2-4-9-20/h2-4,8-11,17,19H,5-7,12-16,18H2,1H3. The molecule has 0 spiro atoms. The summed E-state index contributed by atoms with van der Waals surface area (Å²) < 4.78 is 0. The van der Waals surface area contributed by atoms with Crippen molar-refractivity contribution in [3.8, 4) is 0 Å². The van der Waals surface area contributed by atoms with Crippen molar-refractivity contribution >= 4 is 23.1 Å². The Balaban J connectivity index is 1.42. The van der Waals surface area contributed by atoms with E-state index in [4.69, 9.17) is 0 Å². The Labute approximate surface area is 193 Å². The minimum absolute atomic E-state index is 0.0663. The molecule has 0 saturated carbocycles. The van der Waals surface area contributed by atoms with E-state index in [1.807, 2.05) is 15.9 Å². The molecule has 8 nitrogen and oxygen atoms in total. The first kappa shape index (κ1) is 22.9. The molecular formula is C25H30N4O4. The van der Waals surface area contributed by atoms with E-state index in [0.29, 0.717) is 55.6 Å². The summed E-state index contributed by atoms with van der Waals surface area (Å²) in [5.41, 5.74) is 1.25. The third-order valence-electron chi connectivity index (χ3n) is 6.67. The van der Waals surface area contributed by atoms with Gasteiger partial charge in [-0.05, 0) is 38.3 Å². The van der Waals surface area contributed by atoms with Gasteiger partial charge in [-0.3, -0.25) is 24.6 Å². The van der Waals surface area contributed by atoms with E-state index in [2.05, 4.69) is 11.8 Å². The van der Waals surface area contributed by atoms with E-state index in [0.717, 1.165) is 19.4 Å². The number of hydrogen-bond donors (Lipinski definition) is 0. The third-order valence-corrected chi connectivity index (χ3v) is 6.67. The number of nitro groups is 1. The molecule has 1 amide bonds.